The molecule has 0 aliphatic rings. The van der Waals surface area contributed by atoms with Crippen molar-refractivity contribution in [3.63, 3.8) is 0 Å². The van der Waals surface area contributed by atoms with Crippen LogP contribution in [0, 0.1) is 11.3 Å². The van der Waals surface area contributed by atoms with Crippen molar-refractivity contribution in [2.24, 2.45) is 4.99 Å². The molecule has 2 N–H and O–H groups in total. The van der Waals surface area contributed by atoms with Crippen molar-refractivity contribution in [2.75, 3.05) is 13.6 Å². The topological polar surface area (TPSA) is 60.2 Å². The van der Waals surface area contributed by atoms with Crippen molar-refractivity contribution in [3.05, 3.63) is 70.8 Å². The Bertz CT molecular complexity index is 772. The Morgan fingerprint density at radius 1 is 1.00 bits per heavy atom. The molecule has 0 amide bonds. The van der Waals surface area contributed by atoms with Crippen LogP contribution in [0.4, 0.5) is 13.2 Å². The highest BCUT2D eigenvalue weighted by atomic mass is 19.4. The molecule has 0 fully saturated rings. The predicted octanol–water partition coefficient (Wildman–Crippen LogP) is 3.48. The summed E-state index contributed by atoms with van der Waals surface area (Å²) in [5, 5.41) is 15.0. The maximum absolute atomic E-state index is 12.5. The Morgan fingerprint density at radius 3 is 2.15 bits per heavy atom. The molecule has 0 aromatic heterocycles. The minimum absolute atomic E-state index is 0.540. The smallest absolute Gasteiger partial charge is 0.356 e. The first-order valence-corrected chi connectivity index (χ1v) is 8.02. The molecule has 7 heteroatoms. The first-order valence-electron chi connectivity index (χ1n) is 8.02. The number of guanidine groups is 1. The van der Waals surface area contributed by atoms with Crippen molar-refractivity contribution in [1.82, 2.24) is 10.6 Å². The maximum atomic E-state index is 12.5. The number of nitriles is 1. The minimum Gasteiger partial charge on any atom is -0.356 e. The summed E-state index contributed by atoms with van der Waals surface area (Å²) in [5.41, 5.74) is 1.78. The predicted molar refractivity (Wildman–Crippen MR) is 94.5 cm³/mol. The minimum atomic E-state index is -4.31. The van der Waals surface area contributed by atoms with Crippen LogP contribution in [0.25, 0.3) is 0 Å². The average molecular weight is 360 g/mol. The van der Waals surface area contributed by atoms with Gasteiger partial charge in [-0.15, -0.1) is 0 Å². The van der Waals surface area contributed by atoms with E-state index in [0.29, 0.717) is 31.0 Å². The number of hydrogen-bond acceptors (Lipinski definition) is 2. The van der Waals surface area contributed by atoms with E-state index >= 15 is 0 Å². The molecule has 0 bridgehead atoms. The lowest BCUT2D eigenvalue weighted by Gasteiger charge is -2.12. The highest BCUT2D eigenvalue weighted by Crippen LogP contribution is 2.29. The summed E-state index contributed by atoms with van der Waals surface area (Å²) in [6.07, 6.45) is -3.73. The van der Waals surface area contributed by atoms with Crippen molar-refractivity contribution in [3.8, 4) is 6.07 Å². The maximum Gasteiger partial charge on any atom is 0.416 e. The fourth-order valence-electron chi connectivity index (χ4n) is 2.29. The summed E-state index contributed by atoms with van der Waals surface area (Å²) in [6, 6.07) is 14.4. The van der Waals surface area contributed by atoms with E-state index in [2.05, 4.69) is 21.7 Å². The number of halogens is 3. The number of benzene rings is 2. The van der Waals surface area contributed by atoms with Crippen molar-refractivity contribution in [2.45, 2.75) is 19.1 Å². The summed E-state index contributed by atoms with van der Waals surface area (Å²) in [4.78, 5) is 4.11. The lowest BCUT2D eigenvalue weighted by molar-refractivity contribution is -0.137. The molecular formula is C19H19F3N4. The fraction of sp³-hybridized carbons (Fsp3) is 0.263. The Balaban J connectivity index is 1.79. The van der Waals surface area contributed by atoms with E-state index in [9.17, 15) is 13.2 Å². The molecule has 2 rings (SSSR count). The summed E-state index contributed by atoms with van der Waals surface area (Å²) < 4.78 is 37.6. The largest absolute Gasteiger partial charge is 0.416 e. The van der Waals surface area contributed by atoms with Gasteiger partial charge in [-0.25, -0.2) is 0 Å². The third kappa shape index (κ3) is 5.81. The first kappa shape index (κ1) is 19.3. The standard InChI is InChI=1S/C19H19F3N4/c1-24-18(26-13-16-4-2-15(12-23)3-5-16)25-11-10-14-6-8-17(9-7-14)19(20,21)22/h2-9H,10-11,13H2,1H3,(H2,24,25,26). The van der Waals surface area contributed by atoms with Crippen LogP contribution in [-0.4, -0.2) is 19.6 Å². The van der Waals surface area contributed by atoms with Crippen molar-refractivity contribution >= 4 is 5.96 Å². The number of aliphatic imine (C=N–C) groups is 1. The van der Waals surface area contributed by atoms with E-state index in [1.54, 1.807) is 19.2 Å². The van der Waals surface area contributed by atoms with Gasteiger partial charge in [0.25, 0.3) is 0 Å². The lowest BCUT2D eigenvalue weighted by Crippen LogP contribution is -2.37. The Kier molecular flexibility index (Phi) is 6.61. The molecule has 0 saturated heterocycles. The highest BCUT2D eigenvalue weighted by Gasteiger charge is 2.29. The van der Waals surface area contributed by atoms with Crippen LogP contribution in [0.15, 0.2) is 53.5 Å². The highest BCUT2D eigenvalue weighted by molar-refractivity contribution is 5.79. The Morgan fingerprint density at radius 2 is 1.62 bits per heavy atom. The third-order valence-corrected chi connectivity index (χ3v) is 3.75. The molecule has 0 heterocycles. The number of rotatable bonds is 5. The molecule has 0 spiro atoms. The van der Waals surface area contributed by atoms with Gasteiger partial charge in [-0.2, -0.15) is 18.4 Å². The van der Waals surface area contributed by atoms with Gasteiger partial charge >= 0.3 is 6.18 Å². The van der Waals surface area contributed by atoms with E-state index in [-0.39, 0.29) is 0 Å². The van der Waals surface area contributed by atoms with Gasteiger partial charge in [-0.05, 0) is 41.8 Å². The second-order valence-electron chi connectivity index (χ2n) is 5.61. The molecule has 136 valence electrons. The molecule has 0 saturated carbocycles. The number of hydrogen-bond donors (Lipinski definition) is 2. The Labute approximate surface area is 150 Å². The molecule has 0 unspecified atom stereocenters. The zero-order valence-corrected chi connectivity index (χ0v) is 14.3. The van der Waals surface area contributed by atoms with Crippen LogP contribution in [0.3, 0.4) is 0 Å². The van der Waals surface area contributed by atoms with E-state index in [0.717, 1.165) is 23.3 Å². The van der Waals surface area contributed by atoms with Crippen LogP contribution < -0.4 is 10.6 Å². The van der Waals surface area contributed by atoms with Gasteiger partial charge in [0.1, 0.15) is 0 Å². The molecule has 4 nitrogen and oxygen atoms in total. The van der Waals surface area contributed by atoms with Gasteiger partial charge in [-0.3, -0.25) is 4.99 Å². The number of nitrogens with zero attached hydrogens (tertiary/aromatic N) is 2. The SMILES string of the molecule is CN=C(NCCc1ccc(C(F)(F)F)cc1)NCc1ccc(C#N)cc1. The lowest BCUT2D eigenvalue weighted by atomic mass is 10.1. The number of alkyl halides is 3. The second-order valence-corrected chi connectivity index (χ2v) is 5.61. The molecular weight excluding hydrogens is 341 g/mol. The van der Waals surface area contributed by atoms with Crippen LogP contribution >= 0.6 is 0 Å². The van der Waals surface area contributed by atoms with Gasteiger partial charge in [0.05, 0.1) is 17.2 Å². The van der Waals surface area contributed by atoms with E-state index in [1.807, 2.05) is 12.1 Å². The molecule has 26 heavy (non-hydrogen) atoms. The van der Waals surface area contributed by atoms with Crippen molar-refractivity contribution < 1.29 is 13.2 Å². The molecule has 0 aliphatic carbocycles. The summed E-state index contributed by atoms with van der Waals surface area (Å²) in [7, 11) is 1.65. The van der Waals surface area contributed by atoms with E-state index in [1.165, 1.54) is 12.1 Å². The van der Waals surface area contributed by atoms with Gasteiger partial charge in [0.15, 0.2) is 5.96 Å². The van der Waals surface area contributed by atoms with Crippen molar-refractivity contribution in [1.29, 1.82) is 5.26 Å². The number of nitrogens with one attached hydrogen (secondary N) is 2. The summed E-state index contributed by atoms with van der Waals surface area (Å²) in [5.74, 6) is 0.598. The first-order chi connectivity index (χ1) is 12.4. The van der Waals surface area contributed by atoms with Gasteiger partial charge < -0.3 is 10.6 Å². The fourth-order valence-corrected chi connectivity index (χ4v) is 2.29. The van der Waals surface area contributed by atoms with E-state index in [4.69, 9.17) is 5.26 Å². The molecule has 0 radical (unpaired) electrons. The zero-order chi connectivity index (χ0) is 19.0. The quantitative estimate of drug-likeness (QED) is 0.634. The third-order valence-electron chi connectivity index (χ3n) is 3.75. The monoisotopic (exact) mass is 360 g/mol. The van der Waals surface area contributed by atoms with Gasteiger partial charge in [0.2, 0.25) is 0 Å². The van der Waals surface area contributed by atoms with Crippen LogP contribution in [0.1, 0.15) is 22.3 Å². The average Bonchev–Trinajstić information content (AvgIpc) is 2.64. The van der Waals surface area contributed by atoms with Crippen LogP contribution in [-0.2, 0) is 19.1 Å². The van der Waals surface area contributed by atoms with Gasteiger partial charge in [-0.1, -0.05) is 24.3 Å². The zero-order valence-electron chi connectivity index (χ0n) is 14.3. The molecule has 0 atom stereocenters. The van der Waals surface area contributed by atoms with E-state index < -0.39 is 11.7 Å². The second kappa shape index (κ2) is 8.90. The summed E-state index contributed by atoms with van der Waals surface area (Å²) >= 11 is 0. The van der Waals surface area contributed by atoms with Crippen LogP contribution in [0.2, 0.25) is 0 Å². The summed E-state index contributed by atoms with van der Waals surface area (Å²) in [6.45, 7) is 1.09. The normalized spacial score (nSPS) is 11.7. The molecule has 2 aromatic rings. The van der Waals surface area contributed by atoms with Gasteiger partial charge in [0, 0.05) is 20.1 Å². The van der Waals surface area contributed by atoms with Crippen LogP contribution in [0.5, 0.6) is 0 Å². The molecule has 2 aromatic carbocycles. The molecule has 0 aliphatic heterocycles. The Hall–Kier alpha value is -3.01.